The van der Waals surface area contributed by atoms with Gasteiger partial charge in [0.1, 0.15) is 0 Å². The number of rotatable bonds is 6. The normalized spacial score (nSPS) is 10.6. The van der Waals surface area contributed by atoms with E-state index in [0.29, 0.717) is 6.42 Å². The molecule has 0 N–H and O–H groups in total. The van der Waals surface area contributed by atoms with Gasteiger partial charge in [-0.3, -0.25) is 0 Å². The standard InChI is InChI=1S/C12H15F3O2/c1-3-4-5-6-16-17-12-10(14)8(2)7-9(13)11(12)15/h7H,3-6H2,1-2H3. The van der Waals surface area contributed by atoms with Crippen LogP contribution >= 0.6 is 0 Å². The lowest BCUT2D eigenvalue weighted by Gasteiger charge is -2.08. The van der Waals surface area contributed by atoms with Gasteiger partial charge in [0, 0.05) is 0 Å². The van der Waals surface area contributed by atoms with Gasteiger partial charge in [-0.2, -0.15) is 9.28 Å². The van der Waals surface area contributed by atoms with Crippen molar-refractivity contribution < 1.29 is 22.9 Å². The summed E-state index contributed by atoms with van der Waals surface area (Å²) in [6.45, 7) is 3.54. The summed E-state index contributed by atoms with van der Waals surface area (Å²) in [6, 6.07) is 0.772. The van der Waals surface area contributed by atoms with Gasteiger partial charge in [0.25, 0.3) is 0 Å². The SMILES string of the molecule is CCCCCOOc1c(F)c(C)cc(F)c1F. The Balaban J connectivity index is 2.64. The Morgan fingerprint density at radius 3 is 2.47 bits per heavy atom. The number of benzene rings is 1. The Morgan fingerprint density at radius 1 is 1.12 bits per heavy atom. The Hall–Kier alpha value is -1.23. The highest BCUT2D eigenvalue weighted by molar-refractivity contribution is 5.32. The molecule has 0 aliphatic heterocycles. The van der Waals surface area contributed by atoms with Gasteiger partial charge in [0.05, 0.1) is 6.61 Å². The molecule has 5 heteroatoms. The quantitative estimate of drug-likeness (QED) is 0.329. The average Bonchev–Trinajstić information content (AvgIpc) is 2.30. The summed E-state index contributed by atoms with van der Waals surface area (Å²) in [7, 11) is 0. The van der Waals surface area contributed by atoms with Crippen LogP contribution in [0.3, 0.4) is 0 Å². The van der Waals surface area contributed by atoms with Crippen LogP contribution in [0.5, 0.6) is 5.75 Å². The Morgan fingerprint density at radius 2 is 1.82 bits per heavy atom. The van der Waals surface area contributed by atoms with Gasteiger partial charge in [-0.05, 0) is 25.0 Å². The first kappa shape index (κ1) is 13.8. The topological polar surface area (TPSA) is 18.5 Å². The summed E-state index contributed by atoms with van der Waals surface area (Å²) in [5.41, 5.74) is -0.0314. The number of hydrogen-bond acceptors (Lipinski definition) is 2. The van der Waals surface area contributed by atoms with Crippen molar-refractivity contribution in [1.29, 1.82) is 0 Å². The molecule has 17 heavy (non-hydrogen) atoms. The van der Waals surface area contributed by atoms with Crippen molar-refractivity contribution in [3.05, 3.63) is 29.1 Å². The lowest BCUT2D eigenvalue weighted by atomic mass is 10.2. The summed E-state index contributed by atoms with van der Waals surface area (Å²) in [4.78, 5) is 9.13. The molecule has 1 rings (SSSR count). The smallest absolute Gasteiger partial charge is 0.239 e. The highest BCUT2D eigenvalue weighted by atomic mass is 19.2. The third kappa shape index (κ3) is 3.63. The summed E-state index contributed by atoms with van der Waals surface area (Å²) in [5.74, 6) is -4.29. The van der Waals surface area contributed by atoms with Crippen LogP contribution in [0.15, 0.2) is 6.07 Å². The van der Waals surface area contributed by atoms with Crippen LogP contribution in [0.25, 0.3) is 0 Å². The van der Waals surface area contributed by atoms with Crippen LogP contribution in [-0.4, -0.2) is 6.61 Å². The minimum absolute atomic E-state index is 0.0314. The van der Waals surface area contributed by atoms with Crippen LogP contribution in [0, 0.1) is 24.4 Å². The van der Waals surface area contributed by atoms with Gasteiger partial charge >= 0.3 is 0 Å². The van der Waals surface area contributed by atoms with E-state index >= 15 is 0 Å². The molecule has 0 spiro atoms. The molecular formula is C12H15F3O2. The van der Waals surface area contributed by atoms with E-state index < -0.39 is 23.2 Å². The summed E-state index contributed by atoms with van der Waals surface area (Å²) in [6.07, 6.45) is 2.63. The second-order valence-corrected chi connectivity index (χ2v) is 3.74. The van der Waals surface area contributed by atoms with Gasteiger partial charge in [-0.15, -0.1) is 0 Å². The first-order valence-corrected chi connectivity index (χ1v) is 5.51. The molecule has 0 saturated carbocycles. The molecule has 0 aliphatic carbocycles. The minimum atomic E-state index is -1.37. The van der Waals surface area contributed by atoms with Gasteiger partial charge in [-0.1, -0.05) is 19.8 Å². The first-order valence-electron chi connectivity index (χ1n) is 5.51. The second-order valence-electron chi connectivity index (χ2n) is 3.74. The van der Waals surface area contributed by atoms with E-state index in [0.717, 1.165) is 18.9 Å². The molecule has 0 fully saturated rings. The maximum absolute atomic E-state index is 13.4. The molecule has 0 aromatic heterocycles. The van der Waals surface area contributed by atoms with Gasteiger partial charge < -0.3 is 4.89 Å². The van der Waals surface area contributed by atoms with Crippen molar-refractivity contribution in [2.24, 2.45) is 0 Å². The maximum atomic E-state index is 13.4. The second kappa shape index (κ2) is 6.49. The van der Waals surface area contributed by atoms with E-state index in [4.69, 9.17) is 0 Å². The fourth-order valence-electron chi connectivity index (χ4n) is 1.29. The largest absolute Gasteiger partial charge is 0.331 e. The maximum Gasteiger partial charge on any atom is 0.239 e. The van der Waals surface area contributed by atoms with Crippen molar-refractivity contribution in [1.82, 2.24) is 0 Å². The van der Waals surface area contributed by atoms with Crippen molar-refractivity contribution >= 4 is 0 Å². The van der Waals surface area contributed by atoms with Crippen LogP contribution in [-0.2, 0) is 4.89 Å². The van der Waals surface area contributed by atoms with E-state index in [1.807, 2.05) is 6.92 Å². The van der Waals surface area contributed by atoms with Crippen LogP contribution in [0.1, 0.15) is 31.7 Å². The van der Waals surface area contributed by atoms with Crippen LogP contribution in [0.2, 0.25) is 0 Å². The zero-order valence-corrected chi connectivity index (χ0v) is 9.86. The third-order valence-corrected chi connectivity index (χ3v) is 2.27. The van der Waals surface area contributed by atoms with Crippen molar-refractivity contribution in [3.8, 4) is 5.75 Å². The van der Waals surface area contributed by atoms with Crippen molar-refractivity contribution in [2.75, 3.05) is 6.61 Å². The number of halogens is 3. The Labute approximate surface area is 98.3 Å². The predicted octanol–water partition coefficient (Wildman–Crippen LogP) is 3.91. The zero-order chi connectivity index (χ0) is 12.8. The summed E-state index contributed by atoms with van der Waals surface area (Å²) < 4.78 is 39.6. The molecule has 2 nitrogen and oxygen atoms in total. The fourth-order valence-corrected chi connectivity index (χ4v) is 1.29. The molecule has 0 radical (unpaired) electrons. The lowest BCUT2D eigenvalue weighted by Crippen LogP contribution is -2.05. The highest BCUT2D eigenvalue weighted by Crippen LogP contribution is 2.26. The number of unbranched alkanes of at least 4 members (excludes halogenated alkanes) is 2. The van der Waals surface area contributed by atoms with Gasteiger partial charge in [0.2, 0.25) is 11.6 Å². The highest BCUT2D eigenvalue weighted by Gasteiger charge is 2.19. The van der Waals surface area contributed by atoms with Crippen LogP contribution < -0.4 is 4.89 Å². The van der Waals surface area contributed by atoms with Gasteiger partial charge in [0.15, 0.2) is 11.6 Å². The van der Waals surface area contributed by atoms with E-state index in [1.165, 1.54) is 6.92 Å². The molecular weight excluding hydrogens is 233 g/mol. The molecule has 0 aliphatic rings. The Bertz CT molecular complexity index is 354. The fraction of sp³-hybridized carbons (Fsp3) is 0.500. The van der Waals surface area contributed by atoms with E-state index in [-0.39, 0.29) is 12.2 Å². The average molecular weight is 248 g/mol. The molecule has 1 aromatic carbocycles. The van der Waals surface area contributed by atoms with Gasteiger partial charge in [-0.25, -0.2) is 8.78 Å². The van der Waals surface area contributed by atoms with Crippen molar-refractivity contribution in [3.63, 3.8) is 0 Å². The van der Waals surface area contributed by atoms with E-state index in [2.05, 4.69) is 9.78 Å². The molecule has 1 aromatic rings. The summed E-state index contributed by atoms with van der Waals surface area (Å²) in [5, 5.41) is 0. The molecule has 0 amide bonds. The molecule has 0 saturated heterocycles. The molecule has 0 atom stereocenters. The summed E-state index contributed by atoms with van der Waals surface area (Å²) >= 11 is 0. The lowest BCUT2D eigenvalue weighted by molar-refractivity contribution is -0.211. The van der Waals surface area contributed by atoms with Crippen molar-refractivity contribution in [2.45, 2.75) is 33.1 Å². The zero-order valence-electron chi connectivity index (χ0n) is 9.86. The number of hydrogen-bond donors (Lipinski definition) is 0. The number of aryl methyl sites for hydroxylation is 1. The third-order valence-electron chi connectivity index (χ3n) is 2.27. The minimum Gasteiger partial charge on any atom is -0.331 e. The van der Waals surface area contributed by atoms with E-state index in [9.17, 15) is 13.2 Å². The monoisotopic (exact) mass is 248 g/mol. The van der Waals surface area contributed by atoms with E-state index in [1.54, 1.807) is 0 Å². The molecule has 0 unspecified atom stereocenters. The molecule has 96 valence electrons. The molecule has 0 heterocycles. The predicted molar refractivity (Wildman–Crippen MR) is 57.2 cm³/mol. The molecule has 0 bridgehead atoms. The Kier molecular flexibility index (Phi) is 5.28. The first-order chi connectivity index (χ1) is 8.07. The van der Waals surface area contributed by atoms with Crippen LogP contribution in [0.4, 0.5) is 13.2 Å².